The number of hydrogen-bond acceptors (Lipinski definition) is 7. The first kappa shape index (κ1) is 18.6. The van der Waals surface area contributed by atoms with Crippen molar-refractivity contribution >= 4 is 17.7 Å². The minimum absolute atomic E-state index is 0.0697. The minimum atomic E-state index is -0.150. The van der Waals surface area contributed by atoms with E-state index < -0.39 is 0 Å². The van der Waals surface area contributed by atoms with Crippen molar-refractivity contribution in [1.29, 1.82) is 0 Å². The summed E-state index contributed by atoms with van der Waals surface area (Å²) < 4.78 is 27.4. The van der Waals surface area contributed by atoms with E-state index in [1.54, 1.807) is 33.1 Å². The molecule has 1 atom stereocenters. The maximum atomic E-state index is 12.6. The number of benzene rings is 2. The summed E-state index contributed by atoms with van der Waals surface area (Å²) in [5, 5.41) is -0.150. The number of thioether (sulfide) groups is 1. The zero-order valence-electron chi connectivity index (χ0n) is 15.9. The number of hydrogen-bond donors (Lipinski definition) is 0. The van der Waals surface area contributed by atoms with Crippen LogP contribution in [0.2, 0.25) is 0 Å². The van der Waals surface area contributed by atoms with Crippen LogP contribution in [0.4, 0.5) is 0 Å². The number of carbonyl (C=O) groups excluding carboxylic acids is 1. The summed E-state index contributed by atoms with van der Waals surface area (Å²) in [6.07, 6.45) is 0. The van der Waals surface area contributed by atoms with Gasteiger partial charge < -0.3 is 28.6 Å². The molecule has 2 aromatic rings. The van der Waals surface area contributed by atoms with Crippen LogP contribution < -0.4 is 23.7 Å². The molecule has 1 unspecified atom stereocenters. The van der Waals surface area contributed by atoms with Gasteiger partial charge >= 0.3 is 0 Å². The number of amides is 1. The summed E-state index contributed by atoms with van der Waals surface area (Å²) >= 11 is 1.58. The van der Waals surface area contributed by atoms with Crippen molar-refractivity contribution in [3.63, 3.8) is 0 Å². The molecular formula is C20H21NO6S. The van der Waals surface area contributed by atoms with Gasteiger partial charge in [0.25, 0.3) is 0 Å². The molecule has 4 rings (SSSR count). The molecule has 0 saturated carbocycles. The SMILES string of the molecule is COc1cc(CN2C(=O)CSC2c2cccc3c2OCO3)cc(OC)c1OC. The lowest BCUT2D eigenvalue weighted by Crippen LogP contribution is -2.27. The Bertz CT molecular complexity index is 877. The zero-order chi connectivity index (χ0) is 19.7. The van der Waals surface area contributed by atoms with Gasteiger partial charge in [-0.3, -0.25) is 4.79 Å². The molecule has 8 heteroatoms. The number of carbonyl (C=O) groups is 1. The van der Waals surface area contributed by atoms with Gasteiger partial charge in [-0.15, -0.1) is 11.8 Å². The number of fused-ring (bicyclic) bond motifs is 1. The third kappa shape index (κ3) is 3.17. The second-order valence-corrected chi connectivity index (χ2v) is 7.37. The molecule has 0 aromatic heterocycles. The third-order valence-corrected chi connectivity index (χ3v) is 5.98. The number of para-hydroxylation sites is 1. The topological polar surface area (TPSA) is 66.5 Å². The van der Waals surface area contributed by atoms with Crippen molar-refractivity contribution in [3.8, 4) is 28.7 Å². The second kappa shape index (κ2) is 7.71. The molecule has 2 aliphatic rings. The molecule has 2 aromatic carbocycles. The van der Waals surface area contributed by atoms with Crippen molar-refractivity contribution in [2.75, 3.05) is 33.9 Å². The summed E-state index contributed by atoms with van der Waals surface area (Å²) in [6.45, 7) is 0.613. The average molecular weight is 403 g/mol. The van der Waals surface area contributed by atoms with Crippen LogP contribution in [0.1, 0.15) is 16.5 Å². The van der Waals surface area contributed by atoms with Gasteiger partial charge in [0.2, 0.25) is 18.4 Å². The molecule has 7 nitrogen and oxygen atoms in total. The third-order valence-electron chi connectivity index (χ3n) is 4.74. The number of ether oxygens (including phenoxy) is 5. The van der Waals surface area contributed by atoms with Gasteiger partial charge in [-0.1, -0.05) is 12.1 Å². The van der Waals surface area contributed by atoms with E-state index in [0.29, 0.717) is 41.0 Å². The lowest BCUT2D eigenvalue weighted by molar-refractivity contribution is -0.128. The highest BCUT2D eigenvalue weighted by molar-refractivity contribution is 8.00. The van der Waals surface area contributed by atoms with Gasteiger partial charge in [0, 0.05) is 12.1 Å². The number of nitrogens with zero attached hydrogens (tertiary/aromatic N) is 1. The predicted molar refractivity (Wildman–Crippen MR) is 104 cm³/mol. The second-order valence-electron chi connectivity index (χ2n) is 6.30. The van der Waals surface area contributed by atoms with Crippen LogP contribution in [0, 0.1) is 0 Å². The smallest absolute Gasteiger partial charge is 0.234 e. The molecule has 1 saturated heterocycles. The predicted octanol–water partition coefficient (Wildman–Crippen LogP) is 3.22. The highest BCUT2D eigenvalue weighted by Gasteiger charge is 2.36. The molecule has 0 N–H and O–H groups in total. The van der Waals surface area contributed by atoms with Crippen molar-refractivity contribution in [2.45, 2.75) is 11.9 Å². The van der Waals surface area contributed by atoms with Crippen LogP contribution in [0.5, 0.6) is 28.7 Å². The summed E-state index contributed by atoms with van der Waals surface area (Å²) in [5.74, 6) is 3.56. The number of methoxy groups -OCH3 is 3. The van der Waals surface area contributed by atoms with Crippen molar-refractivity contribution < 1.29 is 28.5 Å². The maximum absolute atomic E-state index is 12.6. The first-order chi connectivity index (χ1) is 13.7. The van der Waals surface area contributed by atoms with Crippen molar-refractivity contribution in [3.05, 3.63) is 41.5 Å². The summed E-state index contributed by atoms with van der Waals surface area (Å²) in [5.41, 5.74) is 1.83. The minimum Gasteiger partial charge on any atom is -0.493 e. The Balaban J connectivity index is 1.67. The Kier molecular flexibility index (Phi) is 5.13. The Morgan fingerprint density at radius 3 is 2.54 bits per heavy atom. The fourth-order valence-corrected chi connectivity index (χ4v) is 4.66. The normalized spacial score (nSPS) is 17.8. The molecule has 0 radical (unpaired) electrons. The van der Waals surface area contributed by atoms with Gasteiger partial charge in [-0.2, -0.15) is 0 Å². The van der Waals surface area contributed by atoms with Crippen LogP contribution in [-0.4, -0.2) is 44.7 Å². The van der Waals surface area contributed by atoms with Crippen LogP contribution in [0.25, 0.3) is 0 Å². The summed E-state index contributed by atoms with van der Waals surface area (Å²) in [4.78, 5) is 14.5. The quantitative estimate of drug-likeness (QED) is 0.734. The molecule has 0 bridgehead atoms. The Morgan fingerprint density at radius 2 is 1.86 bits per heavy atom. The van der Waals surface area contributed by atoms with Gasteiger partial charge in [0.1, 0.15) is 5.37 Å². The van der Waals surface area contributed by atoms with Crippen LogP contribution >= 0.6 is 11.8 Å². The van der Waals surface area contributed by atoms with Gasteiger partial charge in [-0.05, 0) is 23.8 Å². The lowest BCUT2D eigenvalue weighted by atomic mass is 10.1. The first-order valence-electron chi connectivity index (χ1n) is 8.74. The fourth-order valence-electron chi connectivity index (χ4n) is 3.45. The number of rotatable bonds is 6. The Hall–Kier alpha value is -2.74. The van der Waals surface area contributed by atoms with Gasteiger partial charge in [0.15, 0.2) is 23.0 Å². The molecule has 2 aliphatic heterocycles. The van der Waals surface area contributed by atoms with E-state index in [-0.39, 0.29) is 18.1 Å². The fraction of sp³-hybridized carbons (Fsp3) is 0.350. The first-order valence-corrected chi connectivity index (χ1v) is 9.79. The molecule has 1 fully saturated rings. The molecule has 1 amide bonds. The molecular weight excluding hydrogens is 382 g/mol. The van der Waals surface area contributed by atoms with E-state index >= 15 is 0 Å². The van der Waals surface area contributed by atoms with E-state index in [2.05, 4.69) is 0 Å². The van der Waals surface area contributed by atoms with E-state index in [0.717, 1.165) is 11.1 Å². The molecule has 0 spiro atoms. The van der Waals surface area contributed by atoms with Crippen LogP contribution in [0.3, 0.4) is 0 Å². The average Bonchev–Trinajstić information content (AvgIpc) is 3.34. The maximum Gasteiger partial charge on any atom is 0.234 e. The molecule has 28 heavy (non-hydrogen) atoms. The standard InChI is InChI=1S/C20H21NO6S/c1-23-15-7-12(8-16(24-2)19(15)25-3)9-21-17(22)10-28-20(21)13-5-4-6-14-18(13)27-11-26-14/h4-8,20H,9-11H2,1-3H3. The van der Waals surface area contributed by atoms with Gasteiger partial charge in [-0.25, -0.2) is 0 Å². The summed E-state index contributed by atoms with van der Waals surface area (Å²) in [7, 11) is 4.71. The van der Waals surface area contributed by atoms with E-state index in [9.17, 15) is 4.79 Å². The van der Waals surface area contributed by atoms with Gasteiger partial charge in [0.05, 0.1) is 27.1 Å². The van der Waals surface area contributed by atoms with Crippen molar-refractivity contribution in [1.82, 2.24) is 4.90 Å². The van der Waals surface area contributed by atoms with E-state index in [4.69, 9.17) is 23.7 Å². The Labute approximate surface area is 167 Å². The van der Waals surface area contributed by atoms with Crippen LogP contribution in [-0.2, 0) is 11.3 Å². The summed E-state index contributed by atoms with van der Waals surface area (Å²) in [6, 6.07) is 9.50. The molecule has 148 valence electrons. The van der Waals surface area contributed by atoms with Crippen molar-refractivity contribution in [2.24, 2.45) is 0 Å². The largest absolute Gasteiger partial charge is 0.493 e. The van der Waals surface area contributed by atoms with E-state index in [1.807, 2.05) is 35.2 Å². The zero-order valence-corrected chi connectivity index (χ0v) is 16.7. The van der Waals surface area contributed by atoms with Crippen LogP contribution in [0.15, 0.2) is 30.3 Å². The monoisotopic (exact) mass is 403 g/mol. The van der Waals surface area contributed by atoms with E-state index in [1.165, 1.54) is 0 Å². The molecule has 2 heterocycles. The lowest BCUT2D eigenvalue weighted by Gasteiger charge is -2.25. The highest BCUT2D eigenvalue weighted by atomic mass is 32.2. The molecule has 0 aliphatic carbocycles. The highest BCUT2D eigenvalue weighted by Crippen LogP contribution is 2.48. The Morgan fingerprint density at radius 1 is 1.11 bits per heavy atom.